The Morgan fingerprint density at radius 3 is 2.89 bits per heavy atom. The maximum Gasteiger partial charge on any atom is 0.191 e. The Morgan fingerprint density at radius 2 is 2.15 bits per heavy atom. The molecule has 0 radical (unpaired) electrons. The van der Waals surface area contributed by atoms with Gasteiger partial charge in [0.25, 0.3) is 0 Å². The summed E-state index contributed by atoms with van der Waals surface area (Å²) in [6.07, 6.45) is 4.22. The summed E-state index contributed by atoms with van der Waals surface area (Å²) >= 11 is 0. The zero-order chi connectivity index (χ0) is 19.3. The molecule has 0 amide bonds. The van der Waals surface area contributed by atoms with Gasteiger partial charge in [-0.2, -0.15) is 0 Å². The van der Waals surface area contributed by atoms with Crippen LogP contribution in [0.3, 0.4) is 0 Å². The van der Waals surface area contributed by atoms with Gasteiger partial charge in [-0.1, -0.05) is 23.8 Å². The van der Waals surface area contributed by atoms with E-state index in [1.54, 1.807) is 7.05 Å². The van der Waals surface area contributed by atoms with Gasteiger partial charge in [0.2, 0.25) is 0 Å². The molecule has 0 saturated carbocycles. The molecular formula is C21H33N3O3. The van der Waals surface area contributed by atoms with Gasteiger partial charge in [-0.25, -0.2) is 0 Å². The molecule has 0 bridgehead atoms. The standard InChI is InChI=1S/C21H33N3O3/c1-4-25-13-14-27-20-15-17(2)5-6-19(20)16-24-21(22-3)23-10-7-18-8-11-26-12-9-18/h5-6,8,15H,4,7,9-14,16H2,1-3H3,(H2,22,23,24). The highest BCUT2D eigenvalue weighted by atomic mass is 16.5. The van der Waals surface area contributed by atoms with Crippen LogP contribution in [0.1, 0.15) is 30.9 Å². The van der Waals surface area contributed by atoms with Crippen LogP contribution >= 0.6 is 0 Å². The van der Waals surface area contributed by atoms with Crippen LogP contribution in [-0.2, 0) is 16.0 Å². The Balaban J connectivity index is 1.81. The molecule has 0 atom stereocenters. The number of ether oxygens (including phenoxy) is 3. The van der Waals surface area contributed by atoms with Crippen LogP contribution in [0.4, 0.5) is 0 Å². The van der Waals surface area contributed by atoms with Crippen molar-refractivity contribution in [2.75, 3.05) is 46.6 Å². The van der Waals surface area contributed by atoms with Crippen LogP contribution in [0, 0.1) is 6.92 Å². The number of hydrogen-bond donors (Lipinski definition) is 2. The lowest BCUT2D eigenvalue weighted by atomic mass is 10.1. The number of nitrogens with one attached hydrogen (secondary N) is 2. The molecule has 6 nitrogen and oxygen atoms in total. The summed E-state index contributed by atoms with van der Waals surface area (Å²) in [4.78, 5) is 4.31. The molecule has 0 saturated heterocycles. The van der Waals surface area contributed by atoms with Crippen molar-refractivity contribution in [2.45, 2.75) is 33.2 Å². The summed E-state index contributed by atoms with van der Waals surface area (Å²) in [7, 11) is 1.79. The van der Waals surface area contributed by atoms with Crippen LogP contribution in [-0.4, -0.2) is 52.6 Å². The van der Waals surface area contributed by atoms with E-state index in [0.29, 0.717) is 26.4 Å². The molecule has 1 aliphatic rings. The second-order valence-electron chi connectivity index (χ2n) is 6.45. The Kier molecular flexibility index (Phi) is 9.73. The summed E-state index contributed by atoms with van der Waals surface area (Å²) in [6.45, 7) is 8.99. The number of hydrogen-bond acceptors (Lipinski definition) is 4. The molecular weight excluding hydrogens is 342 g/mol. The van der Waals surface area contributed by atoms with E-state index in [-0.39, 0.29) is 0 Å². The molecule has 0 fully saturated rings. The normalized spacial score (nSPS) is 14.6. The summed E-state index contributed by atoms with van der Waals surface area (Å²) in [6, 6.07) is 6.26. The van der Waals surface area contributed by atoms with Crippen molar-refractivity contribution in [2.24, 2.45) is 4.99 Å². The van der Waals surface area contributed by atoms with E-state index in [2.05, 4.69) is 46.8 Å². The zero-order valence-electron chi connectivity index (χ0n) is 16.8. The fourth-order valence-corrected chi connectivity index (χ4v) is 2.83. The number of rotatable bonds is 10. The van der Waals surface area contributed by atoms with Crippen molar-refractivity contribution in [3.05, 3.63) is 41.0 Å². The predicted molar refractivity (Wildman–Crippen MR) is 110 cm³/mol. The second kappa shape index (κ2) is 12.4. The lowest BCUT2D eigenvalue weighted by molar-refractivity contribution is 0.110. The molecule has 0 spiro atoms. The SMILES string of the molecule is CCOCCOc1cc(C)ccc1CNC(=NC)NCCC1=CCOCC1. The Morgan fingerprint density at radius 1 is 1.26 bits per heavy atom. The van der Waals surface area contributed by atoms with Crippen molar-refractivity contribution in [3.63, 3.8) is 0 Å². The van der Waals surface area contributed by atoms with E-state index in [1.807, 2.05) is 6.92 Å². The maximum atomic E-state index is 5.90. The average molecular weight is 376 g/mol. The van der Waals surface area contributed by atoms with Crippen molar-refractivity contribution in [1.29, 1.82) is 0 Å². The van der Waals surface area contributed by atoms with E-state index >= 15 is 0 Å². The molecule has 0 aliphatic carbocycles. The van der Waals surface area contributed by atoms with Crippen molar-refractivity contribution >= 4 is 5.96 Å². The van der Waals surface area contributed by atoms with Gasteiger partial charge in [0.05, 0.1) is 19.8 Å². The predicted octanol–water partition coefficient (Wildman–Crippen LogP) is 2.81. The fourth-order valence-electron chi connectivity index (χ4n) is 2.83. The van der Waals surface area contributed by atoms with E-state index in [9.17, 15) is 0 Å². The number of aryl methyl sites for hydroxylation is 1. The molecule has 2 rings (SSSR count). The number of nitrogens with zero attached hydrogens (tertiary/aromatic N) is 1. The first kappa shape index (κ1) is 21.3. The second-order valence-corrected chi connectivity index (χ2v) is 6.45. The highest BCUT2D eigenvalue weighted by Gasteiger charge is 2.07. The van der Waals surface area contributed by atoms with Crippen LogP contribution < -0.4 is 15.4 Å². The van der Waals surface area contributed by atoms with Gasteiger partial charge in [-0.3, -0.25) is 4.99 Å². The summed E-state index contributed by atoms with van der Waals surface area (Å²) < 4.78 is 16.6. The molecule has 1 aromatic rings. The van der Waals surface area contributed by atoms with Gasteiger partial charge in [0.1, 0.15) is 12.4 Å². The Hall–Kier alpha value is -2.05. The Bertz CT molecular complexity index is 629. The average Bonchev–Trinajstić information content (AvgIpc) is 2.69. The largest absolute Gasteiger partial charge is 0.491 e. The zero-order valence-corrected chi connectivity index (χ0v) is 16.8. The van der Waals surface area contributed by atoms with Crippen molar-refractivity contribution in [3.8, 4) is 5.75 Å². The first-order valence-electron chi connectivity index (χ1n) is 9.73. The summed E-state index contributed by atoms with van der Waals surface area (Å²) in [5.41, 5.74) is 3.73. The minimum absolute atomic E-state index is 0.552. The van der Waals surface area contributed by atoms with E-state index in [1.165, 1.54) is 11.1 Å². The van der Waals surface area contributed by atoms with Gasteiger partial charge >= 0.3 is 0 Å². The fraction of sp³-hybridized carbons (Fsp3) is 0.571. The summed E-state index contributed by atoms with van der Waals surface area (Å²) in [5, 5.41) is 6.74. The molecule has 27 heavy (non-hydrogen) atoms. The molecule has 6 heteroatoms. The number of benzene rings is 1. The lowest BCUT2D eigenvalue weighted by Crippen LogP contribution is -2.37. The van der Waals surface area contributed by atoms with Gasteiger partial charge in [0.15, 0.2) is 5.96 Å². The third kappa shape index (κ3) is 8.01. The third-order valence-corrected chi connectivity index (χ3v) is 4.38. The van der Waals surface area contributed by atoms with Gasteiger partial charge < -0.3 is 24.8 Å². The van der Waals surface area contributed by atoms with Gasteiger partial charge in [0, 0.05) is 32.3 Å². The molecule has 2 N–H and O–H groups in total. The molecule has 150 valence electrons. The van der Waals surface area contributed by atoms with Gasteiger partial charge in [-0.05, 0) is 38.3 Å². The first-order valence-corrected chi connectivity index (χ1v) is 9.73. The number of aliphatic imine (C=N–C) groups is 1. The van der Waals surface area contributed by atoms with Crippen molar-refractivity contribution < 1.29 is 14.2 Å². The monoisotopic (exact) mass is 375 g/mol. The van der Waals surface area contributed by atoms with E-state index in [4.69, 9.17) is 14.2 Å². The molecule has 0 aromatic heterocycles. The quantitative estimate of drug-likeness (QED) is 0.285. The van der Waals surface area contributed by atoms with E-state index in [0.717, 1.165) is 49.9 Å². The minimum Gasteiger partial charge on any atom is -0.491 e. The molecule has 1 heterocycles. The topological polar surface area (TPSA) is 64.1 Å². The highest BCUT2D eigenvalue weighted by Crippen LogP contribution is 2.20. The molecule has 0 unspecified atom stereocenters. The van der Waals surface area contributed by atoms with Crippen molar-refractivity contribution in [1.82, 2.24) is 10.6 Å². The molecule has 1 aliphatic heterocycles. The Labute approximate surface area is 163 Å². The van der Waals surface area contributed by atoms with Crippen LogP contribution in [0.15, 0.2) is 34.8 Å². The minimum atomic E-state index is 0.552. The smallest absolute Gasteiger partial charge is 0.191 e. The van der Waals surface area contributed by atoms with Crippen LogP contribution in [0.2, 0.25) is 0 Å². The van der Waals surface area contributed by atoms with E-state index < -0.39 is 0 Å². The molecule has 1 aromatic carbocycles. The number of guanidine groups is 1. The maximum absolute atomic E-state index is 5.90. The lowest BCUT2D eigenvalue weighted by Gasteiger charge is -2.17. The first-order chi connectivity index (χ1) is 13.2. The third-order valence-electron chi connectivity index (χ3n) is 4.38. The van der Waals surface area contributed by atoms with Gasteiger partial charge in [-0.15, -0.1) is 0 Å². The summed E-state index contributed by atoms with van der Waals surface area (Å²) in [5.74, 6) is 1.69. The van der Waals surface area contributed by atoms with Crippen LogP contribution in [0.25, 0.3) is 0 Å². The van der Waals surface area contributed by atoms with Crippen LogP contribution in [0.5, 0.6) is 5.75 Å². The highest BCUT2D eigenvalue weighted by molar-refractivity contribution is 5.79.